The summed E-state index contributed by atoms with van der Waals surface area (Å²) >= 11 is 1.47. The maximum atomic E-state index is 5.58. The molecular weight excluding hydrogens is 436 g/mol. The third-order valence-electron chi connectivity index (χ3n) is 4.78. The highest BCUT2D eigenvalue weighted by Crippen LogP contribution is 2.30. The topological polar surface area (TPSA) is 91.8 Å². The molecule has 8 nitrogen and oxygen atoms in total. The molecule has 0 aliphatic heterocycles. The molecule has 9 heteroatoms. The molecule has 0 amide bonds. The van der Waals surface area contributed by atoms with E-state index in [1.54, 1.807) is 12.4 Å². The maximum absolute atomic E-state index is 5.58. The highest BCUT2D eigenvalue weighted by molar-refractivity contribution is 7.98. The van der Waals surface area contributed by atoms with Crippen LogP contribution in [0.15, 0.2) is 88.8 Å². The Hall–Kier alpha value is -3.98. The number of hydrogen-bond donors (Lipinski definition) is 0. The van der Waals surface area contributed by atoms with E-state index in [9.17, 15) is 0 Å². The van der Waals surface area contributed by atoms with Crippen molar-refractivity contribution in [2.24, 2.45) is 0 Å². The molecule has 0 saturated carbocycles. The van der Waals surface area contributed by atoms with Gasteiger partial charge in [-0.3, -0.25) is 9.55 Å². The Labute approximate surface area is 194 Å². The first-order chi connectivity index (χ1) is 16.3. The number of nitrogens with zero attached hydrogens (tertiary/aromatic N) is 6. The number of thioether (sulfide) groups is 1. The summed E-state index contributed by atoms with van der Waals surface area (Å²) in [6.07, 6.45) is 3.50. The van der Waals surface area contributed by atoms with Gasteiger partial charge in [-0.2, -0.15) is 4.98 Å². The number of pyridine rings is 1. The second-order valence-electron chi connectivity index (χ2n) is 6.98. The molecule has 5 aromatic rings. The predicted octanol–water partition coefficient (Wildman–Crippen LogP) is 5.07. The molecule has 0 atom stereocenters. The van der Waals surface area contributed by atoms with Crippen LogP contribution in [0.5, 0.6) is 5.75 Å². The lowest BCUT2D eigenvalue weighted by Crippen LogP contribution is -2.00. The van der Waals surface area contributed by atoms with E-state index >= 15 is 0 Å². The molecular formula is C24H20N6O2S. The van der Waals surface area contributed by atoms with Gasteiger partial charge in [0, 0.05) is 29.2 Å². The van der Waals surface area contributed by atoms with E-state index in [1.165, 1.54) is 11.8 Å². The third kappa shape index (κ3) is 4.63. The Morgan fingerprint density at radius 2 is 1.76 bits per heavy atom. The average molecular weight is 457 g/mol. The number of rotatable bonds is 8. The van der Waals surface area contributed by atoms with Gasteiger partial charge >= 0.3 is 0 Å². The van der Waals surface area contributed by atoms with Gasteiger partial charge in [-0.1, -0.05) is 47.3 Å². The first-order valence-corrected chi connectivity index (χ1v) is 11.4. The van der Waals surface area contributed by atoms with Crippen molar-refractivity contribution in [3.8, 4) is 34.2 Å². The van der Waals surface area contributed by atoms with Crippen molar-refractivity contribution < 1.29 is 9.26 Å². The van der Waals surface area contributed by atoms with Crippen LogP contribution in [0, 0.1) is 0 Å². The number of aromatic nitrogens is 6. The monoisotopic (exact) mass is 456 g/mol. The van der Waals surface area contributed by atoms with E-state index in [0.717, 1.165) is 22.6 Å². The van der Waals surface area contributed by atoms with Crippen LogP contribution >= 0.6 is 11.8 Å². The smallest absolute Gasteiger partial charge is 0.237 e. The van der Waals surface area contributed by atoms with Gasteiger partial charge in [0.1, 0.15) is 5.75 Å². The summed E-state index contributed by atoms with van der Waals surface area (Å²) in [5.74, 6) is 3.05. The second-order valence-corrected chi connectivity index (χ2v) is 7.92. The van der Waals surface area contributed by atoms with E-state index in [-0.39, 0.29) is 0 Å². The van der Waals surface area contributed by atoms with Crippen molar-refractivity contribution >= 4 is 11.8 Å². The zero-order valence-electron chi connectivity index (χ0n) is 17.8. The highest BCUT2D eigenvalue weighted by Gasteiger charge is 2.18. The van der Waals surface area contributed by atoms with Crippen LogP contribution in [-0.4, -0.2) is 36.5 Å². The molecule has 3 aromatic heterocycles. The minimum atomic E-state index is 0.460. The van der Waals surface area contributed by atoms with Crippen LogP contribution in [0.25, 0.3) is 28.5 Å². The first-order valence-electron chi connectivity index (χ1n) is 10.4. The highest BCUT2D eigenvalue weighted by atomic mass is 32.2. The van der Waals surface area contributed by atoms with Gasteiger partial charge in [-0.25, -0.2) is 0 Å². The van der Waals surface area contributed by atoms with Crippen molar-refractivity contribution in [1.29, 1.82) is 0 Å². The van der Waals surface area contributed by atoms with Crippen LogP contribution in [0.2, 0.25) is 0 Å². The van der Waals surface area contributed by atoms with Crippen LogP contribution < -0.4 is 4.74 Å². The van der Waals surface area contributed by atoms with Gasteiger partial charge < -0.3 is 9.26 Å². The SMILES string of the molecule is CCOc1ccc(-n2c(SCc3nc(-c4ccccc4)no3)nnc2-c2cccnc2)cc1. The zero-order chi connectivity index (χ0) is 22.5. The largest absolute Gasteiger partial charge is 0.494 e. The van der Waals surface area contributed by atoms with Crippen molar-refractivity contribution in [2.45, 2.75) is 17.8 Å². The second kappa shape index (κ2) is 9.66. The predicted molar refractivity (Wildman–Crippen MR) is 125 cm³/mol. The molecule has 2 aromatic carbocycles. The third-order valence-corrected chi connectivity index (χ3v) is 5.70. The molecule has 0 bridgehead atoms. The van der Waals surface area contributed by atoms with Gasteiger partial charge in [0.2, 0.25) is 11.7 Å². The summed E-state index contributed by atoms with van der Waals surface area (Å²) in [7, 11) is 0. The molecule has 0 saturated heterocycles. The fourth-order valence-corrected chi connectivity index (χ4v) is 4.07. The molecule has 0 aliphatic rings. The van der Waals surface area contributed by atoms with Gasteiger partial charge in [-0.15, -0.1) is 10.2 Å². The van der Waals surface area contributed by atoms with Crippen molar-refractivity contribution in [2.75, 3.05) is 6.61 Å². The van der Waals surface area contributed by atoms with Gasteiger partial charge in [-0.05, 0) is 43.3 Å². The zero-order valence-corrected chi connectivity index (χ0v) is 18.6. The van der Waals surface area contributed by atoms with Crippen molar-refractivity contribution in [3.63, 3.8) is 0 Å². The molecule has 0 aliphatic carbocycles. The number of benzene rings is 2. The Bertz CT molecular complexity index is 1320. The molecule has 0 radical (unpaired) electrons. The van der Waals surface area contributed by atoms with Crippen molar-refractivity contribution in [3.05, 3.63) is 85.0 Å². The Balaban J connectivity index is 1.44. The van der Waals surface area contributed by atoms with E-state index in [1.807, 2.05) is 78.2 Å². The van der Waals surface area contributed by atoms with E-state index in [4.69, 9.17) is 9.26 Å². The molecule has 3 heterocycles. The lowest BCUT2D eigenvalue weighted by atomic mass is 10.2. The summed E-state index contributed by atoms with van der Waals surface area (Å²) in [6, 6.07) is 21.4. The summed E-state index contributed by atoms with van der Waals surface area (Å²) in [6.45, 7) is 2.58. The molecule has 0 fully saturated rings. The fourth-order valence-electron chi connectivity index (χ4n) is 3.28. The molecule has 164 valence electrons. The molecule has 0 unspecified atom stereocenters. The molecule has 0 spiro atoms. The maximum Gasteiger partial charge on any atom is 0.237 e. The average Bonchev–Trinajstić information content (AvgIpc) is 3.52. The number of hydrogen-bond acceptors (Lipinski definition) is 8. The van der Waals surface area contributed by atoms with Gasteiger partial charge in [0.05, 0.1) is 12.4 Å². The first kappa shape index (κ1) is 20.9. The quantitative estimate of drug-likeness (QED) is 0.299. The normalized spacial score (nSPS) is 10.9. The molecule has 33 heavy (non-hydrogen) atoms. The Morgan fingerprint density at radius 1 is 0.939 bits per heavy atom. The van der Waals surface area contributed by atoms with E-state index in [2.05, 4.69) is 25.3 Å². The Morgan fingerprint density at radius 3 is 2.52 bits per heavy atom. The summed E-state index contributed by atoms with van der Waals surface area (Å²) in [5, 5.41) is 13.7. The summed E-state index contributed by atoms with van der Waals surface area (Å²) < 4.78 is 13.0. The van der Waals surface area contributed by atoms with Crippen LogP contribution in [-0.2, 0) is 5.75 Å². The summed E-state index contributed by atoms with van der Waals surface area (Å²) in [4.78, 5) is 8.74. The number of ether oxygens (including phenoxy) is 1. The standard InChI is InChI=1S/C24H20N6O2S/c1-2-31-20-12-10-19(11-13-20)30-23(18-9-6-14-25-15-18)27-28-24(30)33-16-21-26-22(29-32-21)17-7-4-3-5-8-17/h3-15H,2,16H2,1H3. The lowest BCUT2D eigenvalue weighted by molar-refractivity contribution is 0.340. The summed E-state index contributed by atoms with van der Waals surface area (Å²) in [5.41, 5.74) is 2.70. The molecule has 5 rings (SSSR count). The van der Waals surface area contributed by atoms with Gasteiger partial charge in [0.15, 0.2) is 11.0 Å². The van der Waals surface area contributed by atoms with Crippen LogP contribution in [0.1, 0.15) is 12.8 Å². The Kier molecular flexibility index (Phi) is 6.12. The van der Waals surface area contributed by atoms with Gasteiger partial charge in [0.25, 0.3) is 0 Å². The fraction of sp³-hybridized carbons (Fsp3) is 0.125. The van der Waals surface area contributed by atoms with Crippen molar-refractivity contribution in [1.82, 2.24) is 29.9 Å². The minimum absolute atomic E-state index is 0.460. The van der Waals surface area contributed by atoms with Crippen LogP contribution in [0.3, 0.4) is 0 Å². The minimum Gasteiger partial charge on any atom is -0.494 e. The van der Waals surface area contributed by atoms with Crippen LogP contribution in [0.4, 0.5) is 0 Å². The molecule has 0 N–H and O–H groups in total. The van der Waals surface area contributed by atoms with E-state index < -0.39 is 0 Å². The lowest BCUT2D eigenvalue weighted by Gasteiger charge is -2.11. The van der Waals surface area contributed by atoms with E-state index in [0.29, 0.717) is 35.1 Å².